The van der Waals surface area contributed by atoms with Crippen LogP contribution in [0, 0.1) is 17.8 Å². The van der Waals surface area contributed by atoms with Crippen LogP contribution in [0.4, 0.5) is 0 Å². The predicted octanol–water partition coefficient (Wildman–Crippen LogP) is 3.27. The van der Waals surface area contributed by atoms with Gasteiger partial charge in [0.2, 0.25) is 11.8 Å². The molecule has 2 bridgehead atoms. The van der Waals surface area contributed by atoms with Gasteiger partial charge in [0.15, 0.2) is 11.6 Å². The number of unbranched alkanes of at least 4 members (excludes halogenated alkanes) is 1. The maximum atomic E-state index is 14.3. The van der Waals surface area contributed by atoms with Crippen molar-refractivity contribution in [3.05, 3.63) is 71.8 Å². The van der Waals surface area contributed by atoms with E-state index in [1.54, 1.807) is 7.11 Å². The van der Waals surface area contributed by atoms with Crippen LogP contribution in [0.1, 0.15) is 69.9 Å². The number of ketones is 2. The van der Waals surface area contributed by atoms with Crippen LogP contribution in [0.15, 0.2) is 60.7 Å². The van der Waals surface area contributed by atoms with E-state index in [0.717, 1.165) is 36.9 Å². The number of piperidine rings is 1. The molecule has 0 aliphatic carbocycles. The van der Waals surface area contributed by atoms with E-state index in [1.807, 2.05) is 84.3 Å². The fraction of sp³-hybridized carbons (Fsp3) is 0.614. The molecule has 13 heteroatoms. The predicted molar refractivity (Wildman–Crippen MR) is 218 cm³/mol. The number of carbonyl (C=O) groups excluding carboxylic acids is 4. The highest BCUT2D eigenvalue weighted by atomic mass is 16.5. The van der Waals surface area contributed by atoms with Gasteiger partial charge in [-0.2, -0.15) is 0 Å². The average Bonchev–Trinajstić information content (AvgIpc) is 3.17. The monoisotopic (exact) mass is 791 g/mol. The lowest BCUT2D eigenvalue weighted by Crippen LogP contribution is -2.71. The second kappa shape index (κ2) is 24.0. The maximum absolute atomic E-state index is 14.3. The van der Waals surface area contributed by atoms with Gasteiger partial charge in [0.25, 0.3) is 0 Å². The minimum absolute atomic E-state index is 0.0176. The lowest BCUT2D eigenvalue weighted by Gasteiger charge is -2.57. The molecule has 2 aromatic carbocycles. The molecule has 6 atom stereocenters. The van der Waals surface area contributed by atoms with E-state index in [1.165, 1.54) is 0 Å². The summed E-state index contributed by atoms with van der Waals surface area (Å²) in [5.74, 6) is -3.02. The van der Waals surface area contributed by atoms with Gasteiger partial charge in [0, 0.05) is 63.5 Å². The summed E-state index contributed by atoms with van der Waals surface area (Å²) in [6.45, 7) is 7.99. The van der Waals surface area contributed by atoms with Gasteiger partial charge in [0.1, 0.15) is 0 Å². The van der Waals surface area contributed by atoms with Crippen LogP contribution in [0.3, 0.4) is 0 Å². The van der Waals surface area contributed by atoms with Crippen molar-refractivity contribution in [1.82, 2.24) is 20.4 Å². The number of ether oxygens (including phenoxy) is 2. The number of piperazine rings is 1. The van der Waals surface area contributed by atoms with Gasteiger partial charge in [-0.05, 0) is 62.1 Å². The SMILES string of the molecule is COCCOCCNCCCC[C@@H](CC(=O)[C@@H](CC(C)C)NC(=O)[C@H](CC(=O)[C@H](N)Cc1ccccc1)Cc1ccccc1)C(=O)N1C2CC1CN(CC(=O)O)C2. The Morgan fingerprint density at radius 1 is 0.825 bits per heavy atom. The third-order valence-electron chi connectivity index (χ3n) is 11.0. The first-order chi connectivity index (χ1) is 27.4. The quantitative estimate of drug-likeness (QED) is 0.0930. The van der Waals surface area contributed by atoms with E-state index in [-0.39, 0.29) is 60.8 Å². The molecule has 57 heavy (non-hydrogen) atoms. The van der Waals surface area contributed by atoms with Gasteiger partial charge in [-0.3, -0.25) is 28.9 Å². The Kier molecular flexibility index (Phi) is 19.3. The molecule has 2 aliphatic rings. The Morgan fingerprint density at radius 3 is 2.07 bits per heavy atom. The first kappa shape index (κ1) is 45.7. The van der Waals surface area contributed by atoms with Crippen molar-refractivity contribution in [1.29, 1.82) is 0 Å². The van der Waals surface area contributed by atoms with Gasteiger partial charge in [-0.1, -0.05) is 80.9 Å². The molecular weight excluding hydrogens is 727 g/mol. The Morgan fingerprint density at radius 2 is 1.46 bits per heavy atom. The third kappa shape index (κ3) is 15.4. The number of nitrogens with one attached hydrogen (secondary N) is 2. The number of nitrogens with zero attached hydrogens (tertiary/aromatic N) is 2. The van der Waals surface area contributed by atoms with Gasteiger partial charge >= 0.3 is 5.97 Å². The number of likely N-dealkylation sites (tertiary alicyclic amines) is 2. The van der Waals surface area contributed by atoms with E-state index in [9.17, 15) is 29.1 Å². The number of amides is 2. The summed E-state index contributed by atoms with van der Waals surface area (Å²) in [5, 5.41) is 15.7. The van der Waals surface area contributed by atoms with Crippen molar-refractivity contribution in [2.45, 2.75) is 95.8 Å². The molecule has 0 saturated carbocycles. The van der Waals surface area contributed by atoms with E-state index in [0.29, 0.717) is 65.1 Å². The van der Waals surface area contributed by atoms with Crippen molar-refractivity contribution < 1.29 is 38.6 Å². The zero-order valence-corrected chi connectivity index (χ0v) is 34.1. The van der Waals surface area contributed by atoms with E-state index in [2.05, 4.69) is 10.6 Å². The molecule has 2 unspecified atom stereocenters. The summed E-state index contributed by atoms with van der Waals surface area (Å²) in [7, 11) is 1.63. The number of rotatable bonds is 28. The number of benzene rings is 2. The molecule has 2 fully saturated rings. The number of carboxylic acids is 1. The van der Waals surface area contributed by atoms with E-state index >= 15 is 0 Å². The number of nitrogens with two attached hydrogens (primary N) is 1. The fourth-order valence-corrected chi connectivity index (χ4v) is 8.00. The van der Waals surface area contributed by atoms with Crippen LogP contribution in [-0.4, -0.2) is 128 Å². The Balaban J connectivity index is 1.44. The summed E-state index contributed by atoms with van der Waals surface area (Å²) < 4.78 is 10.5. The first-order valence-corrected chi connectivity index (χ1v) is 20.7. The van der Waals surface area contributed by atoms with Crippen LogP contribution >= 0.6 is 0 Å². The van der Waals surface area contributed by atoms with Crippen molar-refractivity contribution in [3.8, 4) is 0 Å². The number of methoxy groups -OCH3 is 1. The molecule has 2 amide bonds. The fourth-order valence-electron chi connectivity index (χ4n) is 8.00. The van der Waals surface area contributed by atoms with Crippen molar-refractivity contribution in [2.24, 2.45) is 23.5 Å². The normalized spacial score (nSPS) is 18.6. The minimum Gasteiger partial charge on any atom is -0.480 e. The summed E-state index contributed by atoms with van der Waals surface area (Å²) in [6, 6.07) is 17.3. The number of Topliss-reactive ketones (excluding diaryl/α,β-unsaturated/α-hetero) is 2. The Labute approximate surface area is 338 Å². The molecule has 2 heterocycles. The van der Waals surface area contributed by atoms with Crippen molar-refractivity contribution in [3.63, 3.8) is 0 Å². The highest BCUT2D eigenvalue weighted by molar-refractivity contribution is 5.95. The second-order valence-electron chi connectivity index (χ2n) is 16.1. The number of carboxylic acid groups (broad SMARTS) is 1. The molecule has 0 aromatic heterocycles. The summed E-state index contributed by atoms with van der Waals surface area (Å²) >= 11 is 0. The zero-order valence-electron chi connectivity index (χ0n) is 34.1. The molecule has 2 aliphatic heterocycles. The number of hydrogen-bond donors (Lipinski definition) is 4. The topological polar surface area (TPSA) is 181 Å². The molecule has 5 N–H and O–H groups in total. The van der Waals surface area contributed by atoms with Gasteiger partial charge in [-0.25, -0.2) is 0 Å². The maximum Gasteiger partial charge on any atom is 0.317 e. The van der Waals surface area contributed by atoms with Gasteiger partial charge < -0.3 is 35.8 Å². The van der Waals surface area contributed by atoms with E-state index in [4.69, 9.17) is 15.2 Å². The zero-order chi connectivity index (χ0) is 41.2. The molecular formula is C44H65N5O8. The first-order valence-electron chi connectivity index (χ1n) is 20.7. The molecule has 4 rings (SSSR count). The Bertz CT molecular complexity index is 1550. The molecule has 2 aromatic rings. The van der Waals surface area contributed by atoms with Gasteiger partial charge in [-0.15, -0.1) is 0 Å². The van der Waals surface area contributed by atoms with Crippen LogP contribution in [0.25, 0.3) is 0 Å². The third-order valence-corrected chi connectivity index (χ3v) is 11.0. The molecule has 314 valence electrons. The highest BCUT2D eigenvalue weighted by Crippen LogP contribution is 2.35. The summed E-state index contributed by atoms with van der Waals surface area (Å²) in [5.41, 5.74) is 8.21. The average molecular weight is 792 g/mol. The number of aliphatic carboxylic acids is 1. The number of hydrogen-bond acceptors (Lipinski definition) is 10. The van der Waals surface area contributed by atoms with Gasteiger partial charge in [0.05, 0.1) is 38.4 Å². The van der Waals surface area contributed by atoms with Crippen LogP contribution in [0.2, 0.25) is 0 Å². The Hall–Kier alpha value is -4.01. The number of fused-ring (bicyclic) bond motifs is 2. The lowest BCUT2D eigenvalue weighted by atomic mass is 9.83. The molecule has 2 saturated heterocycles. The molecule has 13 nitrogen and oxygen atoms in total. The van der Waals surface area contributed by atoms with Crippen LogP contribution in [0.5, 0.6) is 0 Å². The number of carbonyl (C=O) groups is 5. The molecule has 0 radical (unpaired) electrons. The summed E-state index contributed by atoms with van der Waals surface area (Å²) in [6.07, 6.45) is 3.84. The standard InChI is InChI=1S/C44H65N5O8/c1-31(2)22-39(47-43(54)35(23-32-12-6-4-7-13-32)26-40(50)38(45)24-33-14-8-5-9-15-33)41(51)25-34(16-10-11-17-46-18-19-57-21-20-56-3)44(55)49-36-27-37(49)29-48(28-36)30-42(52)53/h4-9,12-15,31,34-39,46H,10-11,16-30,45H2,1-3H3,(H,47,54)(H,52,53)/t34-,35-,36?,37?,38+,39+/m0/s1. The smallest absolute Gasteiger partial charge is 0.317 e. The highest BCUT2D eigenvalue weighted by Gasteiger charge is 2.49. The largest absolute Gasteiger partial charge is 0.480 e. The minimum atomic E-state index is -0.892. The van der Waals surface area contributed by atoms with Crippen molar-refractivity contribution in [2.75, 3.05) is 59.7 Å². The second-order valence-corrected chi connectivity index (χ2v) is 16.1. The van der Waals surface area contributed by atoms with Crippen molar-refractivity contribution >= 4 is 29.4 Å². The van der Waals surface area contributed by atoms with E-state index < -0.39 is 29.9 Å². The summed E-state index contributed by atoms with van der Waals surface area (Å²) in [4.78, 5) is 71.3. The van der Waals surface area contributed by atoms with Crippen LogP contribution < -0.4 is 16.4 Å². The van der Waals surface area contributed by atoms with Crippen LogP contribution in [-0.2, 0) is 46.3 Å². The molecule has 0 spiro atoms. The lowest BCUT2D eigenvalue weighted by molar-refractivity contribution is -0.161.